The molecular formula is C15H24N2O3. The molecule has 2 N–H and O–H groups in total. The van der Waals surface area contributed by atoms with Crippen LogP contribution in [0, 0.1) is 11.8 Å². The van der Waals surface area contributed by atoms with Gasteiger partial charge < -0.3 is 10.4 Å². The van der Waals surface area contributed by atoms with Gasteiger partial charge in [0.25, 0.3) is 0 Å². The van der Waals surface area contributed by atoms with Gasteiger partial charge in [-0.2, -0.15) is 0 Å². The van der Waals surface area contributed by atoms with Gasteiger partial charge in [0.2, 0.25) is 5.91 Å². The van der Waals surface area contributed by atoms with Crippen molar-refractivity contribution in [2.45, 2.75) is 57.0 Å². The molecule has 0 aromatic carbocycles. The number of rotatable bonds is 4. The van der Waals surface area contributed by atoms with Gasteiger partial charge >= 0.3 is 5.97 Å². The Bertz CT molecular complexity index is 395. The summed E-state index contributed by atoms with van der Waals surface area (Å²) in [5.74, 6) is 0.734. The topological polar surface area (TPSA) is 69.6 Å². The lowest BCUT2D eigenvalue weighted by Gasteiger charge is -2.43. The molecule has 3 unspecified atom stereocenters. The van der Waals surface area contributed by atoms with Crippen molar-refractivity contribution in [3.05, 3.63) is 0 Å². The van der Waals surface area contributed by atoms with E-state index in [1.165, 1.54) is 25.7 Å². The zero-order valence-electron chi connectivity index (χ0n) is 11.9. The maximum atomic E-state index is 12.0. The standard InChI is InChI=1S/C15H24N2O3/c18-14(19)9-13-15(20)16-6-7-17(13)12-3-1-2-11(8-12)10-4-5-10/h10-13H,1-9H2,(H,16,20)(H,18,19). The van der Waals surface area contributed by atoms with E-state index < -0.39 is 12.0 Å². The SMILES string of the molecule is O=C(O)CC1C(=O)NCCN1C1CCCC(C2CC2)C1. The van der Waals surface area contributed by atoms with Crippen LogP contribution in [0.1, 0.15) is 44.9 Å². The summed E-state index contributed by atoms with van der Waals surface area (Å²) in [6, 6.07) is -0.0612. The number of nitrogens with zero attached hydrogens (tertiary/aromatic N) is 1. The predicted molar refractivity (Wildman–Crippen MR) is 74.2 cm³/mol. The van der Waals surface area contributed by atoms with Crippen LogP contribution in [0.25, 0.3) is 0 Å². The molecule has 112 valence electrons. The third kappa shape index (κ3) is 2.97. The molecule has 3 aliphatic rings. The Balaban J connectivity index is 1.68. The van der Waals surface area contributed by atoms with Gasteiger partial charge in [0.1, 0.15) is 0 Å². The third-order valence-electron chi connectivity index (χ3n) is 5.18. The molecule has 0 radical (unpaired) electrons. The number of nitrogens with one attached hydrogen (secondary N) is 1. The van der Waals surface area contributed by atoms with Crippen molar-refractivity contribution in [3.63, 3.8) is 0 Å². The molecule has 20 heavy (non-hydrogen) atoms. The quantitative estimate of drug-likeness (QED) is 0.812. The second kappa shape index (κ2) is 5.72. The first kappa shape index (κ1) is 13.9. The van der Waals surface area contributed by atoms with Gasteiger partial charge in [-0.15, -0.1) is 0 Å². The largest absolute Gasteiger partial charge is 0.481 e. The van der Waals surface area contributed by atoms with Crippen molar-refractivity contribution in [1.29, 1.82) is 0 Å². The number of carboxylic acid groups (broad SMARTS) is 1. The maximum absolute atomic E-state index is 12.0. The first-order valence-corrected chi connectivity index (χ1v) is 7.90. The van der Waals surface area contributed by atoms with E-state index in [4.69, 9.17) is 5.11 Å². The Hall–Kier alpha value is -1.10. The van der Waals surface area contributed by atoms with Crippen molar-refractivity contribution >= 4 is 11.9 Å². The lowest BCUT2D eigenvalue weighted by atomic mass is 9.81. The highest BCUT2D eigenvalue weighted by Gasteiger charge is 2.40. The number of aliphatic carboxylic acids is 1. The van der Waals surface area contributed by atoms with Crippen molar-refractivity contribution in [2.75, 3.05) is 13.1 Å². The summed E-state index contributed by atoms with van der Waals surface area (Å²) in [5, 5.41) is 11.9. The zero-order valence-corrected chi connectivity index (χ0v) is 11.9. The van der Waals surface area contributed by atoms with Gasteiger partial charge in [-0.25, -0.2) is 0 Å². The zero-order chi connectivity index (χ0) is 14.1. The summed E-state index contributed by atoms with van der Waals surface area (Å²) in [7, 11) is 0. The first-order valence-electron chi connectivity index (χ1n) is 7.90. The summed E-state index contributed by atoms with van der Waals surface area (Å²) in [6.45, 7) is 1.45. The summed E-state index contributed by atoms with van der Waals surface area (Å²) < 4.78 is 0. The molecule has 3 atom stereocenters. The lowest BCUT2D eigenvalue weighted by Crippen LogP contribution is -2.59. The third-order valence-corrected chi connectivity index (χ3v) is 5.18. The summed E-state index contributed by atoms with van der Waals surface area (Å²) in [5.41, 5.74) is 0. The highest BCUT2D eigenvalue weighted by Crippen LogP contribution is 2.45. The average Bonchev–Trinajstić information content (AvgIpc) is 3.25. The van der Waals surface area contributed by atoms with Crippen molar-refractivity contribution in [1.82, 2.24) is 10.2 Å². The van der Waals surface area contributed by atoms with Gasteiger partial charge in [0.05, 0.1) is 12.5 Å². The molecule has 1 heterocycles. The van der Waals surface area contributed by atoms with Gasteiger partial charge in [-0.1, -0.05) is 12.8 Å². The predicted octanol–water partition coefficient (Wildman–Crippen LogP) is 1.23. The molecule has 5 nitrogen and oxygen atoms in total. The Morgan fingerprint density at radius 2 is 2.05 bits per heavy atom. The number of carboxylic acids is 1. The Morgan fingerprint density at radius 1 is 1.25 bits per heavy atom. The second-order valence-electron chi connectivity index (χ2n) is 6.56. The number of carbonyl (C=O) groups is 2. The monoisotopic (exact) mass is 280 g/mol. The van der Waals surface area contributed by atoms with Crippen molar-refractivity contribution in [3.8, 4) is 0 Å². The fourth-order valence-electron chi connectivity index (χ4n) is 4.04. The Kier molecular flexibility index (Phi) is 3.96. The molecular weight excluding hydrogens is 256 g/mol. The first-order chi connectivity index (χ1) is 9.65. The molecule has 3 rings (SSSR count). The number of carbonyl (C=O) groups excluding carboxylic acids is 1. The van der Waals surface area contributed by atoms with Crippen LogP contribution in [0.15, 0.2) is 0 Å². The van der Waals surface area contributed by atoms with E-state index in [-0.39, 0.29) is 12.3 Å². The molecule has 2 aliphatic carbocycles. The summed E-state index contributed by atoms with van der Waals surface area (Å²) >= 11 is 0. The average molecular weight is 280 g/mol. The van der Waals surface area contributed by atoms with Crippen LogP contribution in [0.2, 0.25) is 0 Å². The van der Waals surface area contributed by atoms with E-state index in [0.717, 1.165) is 31.2 Å². The van der Waals surface area contributed by atoms with Crippen LogP contribution in [0.4, 0.5) is 0 Å². The smallest absolute Gasteiger partial charge is 0.305 e. The molecule has 2 saturated carbocycles. The highest BCUT2D eigenvalue weighted by molar-refractivity contribution is 5.86. The Morgan fingerprint density at radius 3 is 2.75 bits per heavy atom. The Labute approximate surface area is 119 Å². The molecule has 3 fully saturated rings. The normalized spacial score (nSPS) is 35.6. The van der Waals surface area contributed by atoms with Crippen LogP contribution in [0.5, 0.6) is 0 Å². The van der Waals surface area contributed by atoms with Crippen LogP contribution in [0.3, 0.4) is 0 Å². The second-order valence-corrected chi connectivity index (χ2v) is 6.56. The van der Waals surface area contributed by atoms with E-state index in [0.29, 0.717) is 12.6 Å². The van der Waals surface area contributed by atoms with Crippen molar-refractivity contribution < 1.29 is 14.7 Å². The van der Waals surface area contributed by atoms with E-state index in [2.05, 4.69) is 10.2 Å². The number of hydrogen-bond donors (Lipinski definition) is 2. The van der Waals surface area contributed by atoms with Crippen LogP contribution >= 0.6 is 0 Å². The van der Waals surface area contributed by atoms with Crippen molar-refractivity contribution in [2.24, 2.45) is 11.8 Å². The fraction of sp³-hybridized carbons (Fsp3) is 0.867. The van der Waals surface area contributed by atoms with Gasteiger partial charge in [0, 0.05) is 19.1 Å². The highest BCUT2D eigenvalue weighted by atomic mass is 16.4. The van der Waals surface area contributed by atoms with Gasteiger partial charge in [0.15, 0.2) is 0 Å². The minimum atomic E-state index is -0.883. The van der Waals surface area contributed by atoms with Gasteiger partial charge in [-0.3, -0.25) is 14.5 Å². The van der Waals surface area contributed by atoms with Crippen LogP contribution < -0.4 is 5.32 Å². The lowest BCUT2D eigenvalue weighted by molar-refractivity contribution is -0.144. The van der Waals surface area contributed by atoms with E-state index >= 15 is 0 Å². The van der Waals surface area contributed by atoms with E-state index in [9.17, 15) is 9.59 Å². The molecule has 0 aromatic heterocycles. The molecule has 1 aliphatic heterocycles. The molecule has 0 spiro atoms. The van der Waals surface area contributed by atoms with Gasteiger partial charge in [-0.05, 0) is 37.5 Å². The fourth-order valence-corrected chi connectivity index (χ4v) is 4.04. The minimum Gasteiger partial charge on any atom is -0.481 e. The molecule has 0 aromatic rings. The number of amides is 1. The molecule has 1 saturated heterocycles. The van der Waals surface area contributed by atoms with E-state index in [1.807, 2.05) is 0 Å². The molecule has 0 bridgehead atoms. The number of hydrogen-bond acceptors (Lipinski definition) is 3. The summed E-state index contributed by atoms with van der Waals surface area (Å²) in [4.78, 5) is 25.2. The minimum absolute atomic E-state index is 0.0730. The summed E-state index contributed by atoms with van der Waals surface area (Å²) in [6.07, 6.45) is 7.50. The maximum Gasteiger partial charge on any atom is 0.305 e. The molecule has 1 amide bonds. The van der Waals surface area contributed by atoms with Crippen LogP contribution in [-0.4, -0.2) is 47.1 Å². The molecule has 5 heteroatoms. The number of piperazine rings is 1. The van der Waals surface area contributed by atoms with E-state index in [1.54, 1.807) is 0 Å². The van der Waals surface area contributed by atoms with Crippen LogP contribution in [-0.2, 0) is 9.59 Å².